The summed E-state index contributed by atoms with van der Waals surface area (Å²) in [5.41, 5.74) is 2.99. The van der Waals surface area contributed by atoms with Crippen LogP contribution in [0.1, 0.15) is 34.2 Å². The van der Waals surface area contributed by atoms with Crippen molar-refractivity contribution in [2.75, 3.05) is 0 Å². The van der Waals surface area contributed by atoms with E-state index in [2.05, 4.69) is 4.98 Å². The Kier molecular flexibility index (Phi) is 5.74. The van der Waals surface area contributed by atoms with Crippen molar-refractivity contribution < 1.29 is 13.9 Å². The van der Waals surface area contributed by atoms with Gasteiger partial charge in [0.2, 0.25) is 0 Å². The lowest BCUT2D eigenvalue weighted by molar-refractivity contribution is 0.0474. The Morgan fingerprint density at radius 3 is 2.51 bits per heavy atom. The molecule has 0 fully saturated rings. The van der Waals surface area contributed by atoms with Gasteiger partial charge in [-0.1, -0.05) is 31.2 Å². The molecule has 7 nitrogen and oxygen atoms in total. The van der Waals surface area contributed by atoms with E-state index < -0.39 is 11.6 Å². The van der Waals surface area contributed by atoms with Gasteiger partial charge in [-0.15, -0.1) is 0 Å². The standard InChI is InChI=1S/C28H22N2O5/c1-3-18-8-13-22-20(15-26(31)35-25(22)14-18)16-34-28(33)19-9-11-21(12-10-19)30-17(2)29-24-7-5-4-6-23(24)27(30)32/h4-15H,3,16H2,1-2H3. The number of carbonyl (C=O) groups is 1. The molecule has 0 spiro atoms. The molecule has 5 rings (SSSR count). The zero-order valence-corrected chi connectivity index (χ0v) is 19.3. The van der Waals surface area contributed by atoms with Gasteiger partial charge in [0.05, 0.1) is 22.2 Å². The van der Waals surface area contributed by atoms with E-state index in [1.807, 2.05) is 31.2 Å². The molecule has 0 aliphatic carbocycles. The summed E-state index contributed by atoms with van der Waals surface area (Å²) in [7, 11) is 0. The van der Waals surface area contributed by atoms with E-state index in [-0.39, 0.29) is 12.2 Å². The number of esters is 1. The molecule has 0 saturated heterocycles. The molecule has 0 aliphatic rings. The number of carbonyl (C=O) groups excluding carboxylic acids is 1. The number of benzene rings is 3. The zero-order chi connectivity index (χ0) is 24.5. The number of aryl methyl sites for hydroxylation is 2. The van der Waals surface area contributed by atoms with E-state index in [0.717, 1.165) is 17.4 Å². The van der Waals surface area contributed by atoms with Crippen molar-refractivity contribution in [1.29, 1.82) is 0 Å². The quantitative estimate of drug-likeness (QED) is 0.275. The highest BCUT2D eigenvalue weighted by Crippen LogP contribution is 2.21. The molecule has 0 aliphatic heterocycles. The van der Waals surface area contributed by atoms with Gasteiger partial charge in [0.25, 0.3) is 5.56 Å². The minimum atomic E-state index is -0.538. The van der Waals surface area contributed by atoms with Crippen LogP contribution in [0, 0.1) is 6.92 Å². The third kappa shape index (κ3) is 4.24. The normalized spacial score (nSPS) is 11.1. The fraction of sp³-hybridized carbons (Fsp3) is 0.143. The zero-order valence-electron chi connectivity index (χ0n) is 19.3. The number of aromatic nitrogens is 2. The first-order valence-electron chi connectivity index (χ1n) is 11.3. The van der Waals surface area contributed by atoms with Crippen molar-refractivity contribution in [3.63, 3.8) is 0 Å². The van der Waals surface area contributed by atoms with Crippen molar-refractivity contribution in [2.45, 2.75) is 26.9 Å². The summed E-state index contributed by atoms with van der Waals surface area (Å²) < 4.78 is 12.3. The highest BCUT2D eigenvalue weighted by atomic mass is 16.5. The van der Waals surface area contributed by atoms with E-state index >= 15 is 0 Å². The van der Waals surface area contributed by atoms with Gasteiger partial charge in [-0.25, -0.2) is 14.6 Å². The second-order valence-corrected chi connectivity index (χ2v) is 8.21. The van der Waals surface area contributed by atoms with Crippen LogP contribution in [0.25, 0.3) is 27.6 Å². The van der Waals surface area contributed by atoms with Crippen LogP contribution in [0.15, 0.2) is 86.8 Å². The number of ether oxygens (including phenoxy) is 1. The fourth-order valence-electron chi connectivity index (χ4n) is 4.13. The molecule has 0 amide bonds. The summed E-state index contributed by atoms with van der Waals surface area (Å²) >= 11 is 0. The van der Waals surface area contributed by atoms with Gasteiger partial charge >= 0.3 is 11.6 Å². The molecule has 7 heteroatoms. The Labute approximate surface area is 200 Å². The largest absolute Gasteiger partial charge is 0.457 e. The fourth-order valence-corrected chi connectivity index (χ4v) is 4.13. The van der Waals surface area contributed by atoms with Gasteiger partial charge < -0.3 is 9.15 Å². The van der Waals surface area contributed by atoms with E-state index in [1.54, 1.807) is 49.4 Å². The predicted octanol–water partition coefficient (Wildman–Crippen LogP) is 4.72. The molecule has 3 aromatic carbocycles. The van der Waals surface area contributed by atoms with Crippen molar-refractivity contribution in [2.24, 2.45) is 0 Å². The van der Waals surface area contributed by atoms with Gasteiger partial charge in [0, 0.05) is 17.0 Å². The van der Waals surface area contributed by atoms with Gasteiger partial charge in [0.15, 0.2) is 0 Å². The Bertz CT molecular complexity index is 1700. The Morgan fingerprint density at radius 1 is 0.971 bits per heavy atom. The lowest BCUT2D eigenvalue weighted by Crippen LogP contribution is -2.22. The molecular weight excluding hydrogens is 444 g/mol. The van der Waals surface area contributed by atoms with Gasteiger partial charge in [-0.05, 0) is 61.4 Å². The molecule has 35 heavy (non-hydrogen) atoms. The van der Waals surface area contributed by atoms with Crippen LogP contribution in [0.5, 0.6) is 0 Å². The van der Waals surface area contributed by atoms with Crippen molar-refractivity contribution in [3.05, 3.63) is 116 Å². The molecule has 0 bridgehead atoms. The van der Waals surface area contributed by atoms with E-state index in [1.165, 1.54) is 10.6 Å². The highest BCUT2D eigenvalue weighted by molar-refractivity contribution is 5.90. The Balaban J connectivity index is 1.39. The van der Waals surface area contributed by atoms with Gasteiger partial charge in [-0.2, -0.15) is 0 Å². The van der Waals surface area contributed by atoms with Crippen LogP contribution in [0.3, 0.4) is 0 Å². The van der Waals surface area contributed by atoms with Gasteiger partial charge in [-0.3, -0.25) is 9.36 Å². The summed E-state index contributed by atoms with van der Waals surface area (Å²) in [6.07, 6.45) is 0.815. The molecule has 0 atom stereocenters. The summed E-state index contributed by atoms with van der Waals surface area (Å²) in [5.74, 6) is 0.00821. The SMILES string of the molecule is CCc1ccc2c(COC(=O)c3ccc(-n4c(C)nc5ccccc5c4=O)cc3)cc(=O)oc2c1. The maximum atomic E-state index is 13.0. The number of fused-ring (bicyclic) bond motifs is 2. The summed E-state index contributed by atoms with van der Waals surface area (Å²) in [6.45, 7) is 3.71. The maximum Gasteiger partial charge on any atom is 0.338 e. The molecular formula is C28H22N2O5. The molecule has 174 valence electrons. The molecule has 2 heterocycles. The number of rotatable bonds is 5. The molecule has 5 aromatic rings. The number of hydrogen-bond donors (Lipinski definition) is 0. The second kappa shape index (κ2) is 9.02. The van der Waals surface area contributed by atoms with E-state index in [9.17, 15) is 14.4 Å². The van der Waals surface area contributed by atoms with Crippen molar-refractivity contribution in [1.82, 2.24) is 9.55 Å². The second-order valence-electron chi connectivity index (χ2n) is 8.21. The first-order chi connectivity index (χ1) is 16.9. The smallest absolute Gasteiger partial charge is 0.338 e. The molecule has 0 radical (unpaired) electrons. The number of nitrogens with zero attached hydrogens (tertiary/aromatic N) is 2. The average molecular weight is 466 g/mol. The summed E-state index contributed by atoms with van der Waals surface area (Å²) in [5, 5.41) is 1.25. The van der Waals surface area contributed by atoms with Crippen LogP contribution in [-0.4, -0.2) is 15.5 Å². The third-order valence-corrected chi connectivity index (χ3v) is 5.97. The van der Waals surface area contributed by atoms with Crippen LogP contribution in [-0.2, 0) is 17.8 Å². The van der Waals surface area contributed by atoms with Crippen molar-refractivity contribution in [3.8, 4) is 5.69 Å². The van der Waals surface area contributed by atoms with Crippen LogP contribution in [0.2, 0.25) is 0 Å². The topological polar surface area (TPSA) is 91.4 Å². The van der Waals surface area contributed by atoms with Crippen LogP contribution in [0.4, 0.5) is 0 Å². The van der Waals surface area contributed by atoms with Crippen molar-refractivity contribution >= 4 is 27.8 Å². The molecule has 0 saturated carbocycles. The Hall–Kier alpha value is -4.52. The van der Waals surface area contributed by atoms with Gasteiger partial charge in [0.1, 0.15) is 18.0 Å². The highest BCUT2D eigenvalue weighted by Gasteiger charge is 2.13. The van der Waals surface area contributed by atoms with E-state index in [4.69, 9.17) is 9.15 Å². The lowest BCUT2D eigenvalue weighted by atomic mass is 10.1. The third-order valence-electron chi connectivity index (χ3n) is 5.97. The van der Waals surface area contributed by atoms with E-state index in [0.29, 0.717) is 39.1 Å². The minimum absolute atomic E-state index is 0.0681. The maximum absolute atomic E-state index is 13.0. The molecule has 0 unspecified atom stereocenters. The first kappa shape index (κ1) is 22.3. The predicted molar refractivity (Wildman–Crippen MR) is 133 cm³/mol. The minimum Gasteiger partial charge on any atom is -0.457 e. The first-order valence-corrected chi connectivity index (χ1v) is 11.3. The molecule has 0 N–H and O–H groups in total. The monoisotopic (exact) mass is 466 g/mol. The summed E-state index contributed by atoms with van der Waals surface area (Å²) in [4.78, 5) is 42.2. The lowest BCUT2D eigenvalue weighted by Gasteiger charge is -2.12. The average Bonchev–Trinajstić information content (AvgIpc) is 2.87. The molecule has 2 aromatic heterocycles. The van der Waals surface area contributed by atoms with Crippen LogP contribution >= 0.6 is 0 Å². The van der Waals surface area contributed by atoms with Crippen LogP contribution < -0.4 is 11.2 Å². The number of hydrogen-bond acceptors (Lipinski definition) is 6. The summed E-state index contributed by atoms with van der Waals surface area (Å²) in [6, 6.07) is 20.7. The Morgan fingerprint density at radius 2 is 1.74 bits per heavy atom. The number of para-hydroxylation sites is 1.